The summed E-state index contributed by atoms with van der Waals surface area (Å²) in [4.78, 5) is 14.9. The molecule has 0 bridgehead atoms. The van der Waals surface area contributed by atoms with Crippen LogP contribution in [0.1, 0.15) is 33.3 Å². The van der Waals surface area contributed by atoms with E-state index < -0.39 is 0 Å². The van der Waals surface area contributed by atoms with Crippen LogP contribution in [0.15, 0.2) is 59.2 Å². The number of benzene rings is 2. The van der Waals surface area contributed by atoms with Crippen molar-refractivity contribution in [2.24, 2.45) is 0 Å². The number of carbonyl (C=O) groups excluding carboxylic acids is 1. The highest BCUT2D eigenvalue weighted by atomic mass is 16.5. The SMILES string of the molecule is COc1ccc(CN2CCc3cc(OC)c(OC)cc3[C@@H]2CNC(=O)c2ccco2)cc1. The second-order valence-electron chi connectivity index (χ2n) is 7.68. The first-order chi connectivity index (χ1) is 15.6. The maximum atomic E-state index is 12.5. The highest BCUT2D eigenvalue weighted by Crippen LogP contribution is 2.38. The van der Waals surface area contributed by atoms with E-state index in [0.717, 1.165) is 30.8 Å². The van der Waals surface area contributed by atoms with Gasteiger partial charge in [0.15, 0.2) is 17.3 Å². The van der Waals surface area contributed by atoms with Crippen LogP contribution in [0.3, 0.4) is 0 Å². The average Bonchev–Trinajstić information content (AvgIpc) is 3.38. The van der Waals surface area contributed by atoms with Crippen molar-refractivity contribution in [3.63, 3.8) is 0 Å². The minimum atomic E-state index is -0.230. The topological polar surface area (TPSA) is 73.2 Å². The minimum absolute atomic E-state index is 0.0282. The van der Waals surface area contributed by atoms with Gasteiger partial charge in [-0.25, -0.2) is 0 Å². The quantitative estimate of drug-likeness (QED) is 0.579. The van der Waals surface area contributed by atoms with Gasteiger partial charge in [-0.1, -0.05) is 12.1 Å². The molecule has 3 aromatic rings. The smallest absolute Gasteiger partial charge is 0.287 e. The van der Waals surface area contributed by atoms with E-state index in [9.17, 15) is 4.79 Å². The second kappa shape index (κ2) is 9.78. The maximum Gasteiger partial charge on any atom is 0.287 e. The molecule has 0 aliphatic carbocycles. The Hall–Kier alpha value is -3.45. The zero-order valence-corrected chi connectivity index (χ0v) is 18.6. The summed E-state index contributed by atoms with van der Waals surface area (Å²) in [5.74, 6) is 2.30. The van der Waals surface area contributed by atoms with Crippen molar-refractivity contribution in [3.8, 4) is 17.2 Å². The fourth-order valence-corrected chi connectivity index (χ4v) is 4.16. The monoisotopic (exact) mass is 436 g/mol. The molecule has 7 nitrogen and oxygen atoms in total. The molecule has 0 unspecified atom stereocenters. The summed E-state index contributed by atoms with van der Waals surface area (Å²) >= 11 is 0. The number of methoxy groups -OCH3 is 3. The highest BCUT2D eigenvalue weighted by Gasteiger charge is 2.30. The lowest BCUT2D eigenvalue weighted by Crippen LogP contribution is -2.41. The molecule has 0 saturated carbocycles. The van der Waals surface area contributed by atoms with Crippen molar-refractivity contribution in [2.45, 2.75) is 19.0 Å². The van der Waals surface area contributed by atoms with Crippen molar-refractivity contribution < 1.29 is 23.4 Å². The third-order valence-corrected chi connectivity index (χ3v) is 5.86. The molecular weight excluding hydrogens is 408 g/mol. The van der Waals surface area contributed by atoms with E-state index in [2.05, 4.69) is 22.3 Å². The number of nitrogens with zero attached hydrogens (tertiary/aromatic N) is 1. The molecule has 2 heterocycles. The summed E-state index contributed by atoms with van der Waals surface area (Å²) in [6.45, 7) is 2.05. The number of hydrogen-bond acceptors (Lipinski definition) is 6. The van der Waals surface area contributed by atoms with E-state index in [1.807, 2.05) is 24.3 Å². The fourth-order valence-electron chi connectivity index (χ4n) is 4.16. The van der Waals surface area contributed by atoms with Gasteiger partial charge in [0.1, 0.15) is 5.75 Å². The largest absolute Gasteiger partial charge is 0.497 e. The van der Waals surface area contributed by atoms with Gasteiger partial charge in [-0.2, -0.15) is 0 Å². The second-order valence-corrected chi connectivity index (χ2v) is 7.68. The number of rotatable bonds is 8. The molecule has 1 aliphatic heterocycles. The van der Waals surface area contributed by atoms with Gasteiger partial charge in [-0.15, -0.1) is 0 Å². The first kappa shape index (κ1) is 21.8. The molecule has 1 N–H and O–H groups in total. The van der Waals surface area contributed by atoms with Crippen LogP contribution in [-0.2, 0) is 13.0 Å². The molecule has 1 aliphatic rings. The third-order valence-electron chi connectivity index (χ3n) is 5.86. The predicted molar refractivity (Wildman–Crippen MR) is 120 cm³/mol. The van der Waals surface area contributed by atoms with Gasteiger partial charge < -0.3 is 23.9 Å². The van der Waals surface area contributed by atoms with E-state index in [0.29, 0.717) is 23.8 Å². The Kier molecular flexibility index (Phi) is 6.66. The van der Waals surface area contributed by atoms with Crippen molar-refractivity contribution >= 4 is 5.91 Å². The van der Waals surface area contributed by atoms with Gasteiger partial charge in [0, 0.05) is 19.6 Å². The van der Waals surface area contributed by atoms with Crippen LogP contribution in [0, 0.1) is 0 Å². The van der Waals surface area contributed by atoms with E-state index in [4.69, 9.17) is 18.6 Å². The molecule has 1 atom stereocenters. The van der Waals surface area contributed by atoms with Gasteiger partial charge in [0.25, 0.3) is 5.91 Å². The summed E-state index contributed by atoms with van der Waals surface area (Å²) in [5, 5.41) is 3.03. The summed E-state index contributed by atoms with van der Waals surface area (Å²) in [5.41, 5.74) is 3.50. The molecule has 0 saturated heterocycles. The number of amides is 1. The zero-order chi connectivity index (χ0) is 22.5. The van der Waals surface area contributed by atoms with Crippen LogP contribution in [-0.4, -0.2) is 45.2 Å². The van der Waals surface area contributed by atoms with Crippen LogP contribution in [0.4, 0.5) is 0 Å². The maximum absolute atomic E-state index is 12.5. The number of hydrogen-bond donors (Lipinski definition) is 1. The standard InChI is InChI=1S/C25H28N2O5/c1-29-19-8-6-17(7-9-19)16-27-11-10-18-13-23(30-2)24(31-3)14-20(18)21(27)15-26-25(28)22-5-4-12-32-22/h4-9,12-14,21H,10-11,15-16H2,1-3H3,(H,26,28)/t21-/m0/s1. The first-order valence-electron chi connectivity index (χ1n) is 10.6. The van der Waals surface area contributed by atoms with Crippen molar-refractivity contribution in [2.75, 3.05) is 34.4 Å². The van der Waals surface area contributed by atoms with E-state index in [-0.39, 0.29) is 11.9 Å². The van der Waals surface area contributed by atoms with E-state index in [1.54, 1.807) is 33.5 Å². The van der Waals surface area contributed by atoms with Crippen molar-refractivity contribution in [1.82, 2.24) is 10.2 Å². The minimum Gasteiger partial charge on any atom is -0.497 e. The molecule has 1 amide bonds. The molecule has 0 radical (unpaired) electrons. The Labute approximate surface area is 187 Å². The number of furan rings is 1. The summed E-state index contributed by atoms with van der Waals surface area (Å²) in [7, 11) is 4.94. The molecule has 4 rings (SSSR count). The van der Waals surface area contributed by atoms with Gasteiger partial charge in [0.2, 0.25) is 0 Å². The highest BCUT2D eigenvalue weighted by molar-refractivity contribution is 5.91. The molecule has 7 heteroatoms. The van der Waals surface area contributed by atoms with Crippen LogP contribution < -0.4 is 19.5 Å². The van der Waals surface area contributed by atoms with Crippen LogP contribution >= 0.6 is 0 Å². The first-order valence-corrected chi connectivity index (χ1v) is 10.6. The number of nitrogens with one attached hydrogen (secondary N) is 1. The lowest BCUT2D eigenvalue weighted by molar-refractivity contribution is 0.0898. The van der Waals surface area contributed by atoms with E-state index >= 15 is 0 Å². The lowest BCUT2D eigenvalue weighted by Gasteiger charge is -2.38. The Bertz CT molecular complexity index is 1050. The normalized spacial score (nSPS) is 15.7. The average molecular weight is 437 g/mol. The van der Waals surface area contributed by atoms with Crippen molar-refractivity contribution in [1.29, 1.82) is 0 Å². The van der Waals surface area contributed by atoms with E-state index in [1.165, 1.54) is 17.4 Å². The Balaban J connectivity index is 1.61. The Morgan fingerprint density at radius 3 is 2.47 bits per heavy atom. The van der Waals surface area contributed by atoms with Gasteiger partial charge in [-0.05, 0) is 59.5 Å². The van der Waals surface area contributed by atoms with Crippen LogP contribution in [0.5, 0.6) is 17.2 Å². The molecular formula is C25H28N2O5. The molecule has 2 aromatic carbocycles. The number of ether oxygens (including phenoxy) is 3. The number of fused-ring (bicyclic) bond motifs is 1. The number of carbonyl (C=O) groups is 1. The van der Waals surface area contributed by atoms with Crippen molar-refractivity contribution in [3.05, 3.63) is 77.2 Å². The van der Waals surface area contributed by atoms with Crippen LogP contribution in [0.25, 0.3) is 0 Å². The Morgan fingerprint density at radius 2 is 1.81 bits per heavy atom. The van der Waals surface area contributed by atoms with Crippen LogP contribution in [0.2, 0.25) is 0 Å². The summed E-state index contributed by atoms with van der Waals surface area (Å²) in [6.07, 6.45) is 2.38. The molecule has 0 spiro atoms. The zero-order valence-electron chi connectivity index (χ0n) is 18.6. The molecule has 1 aromatic heterocycles. The molecule has 0 fully saturated rings. The summed E-state index contributed by atoms with van der Waals surface area (Å²) < 4.78 is 21.6. The lowest BCUT2D eigenvalue weighted by atomic mass is 9.91. The van der Waals surface area contributed by atoms with Gasteiger partial charge in [-0.3, -0.25) is 9.69 Å². The predicted octanol–water partition coefficient (Wildman–Crippen LogP) is 3.83. The van der Waals surface area contributed by atoms with Gasteiger partial charge >= 0.3 is 0 Å². The fraction of sp³-hybridized carbons (Fsp3) is 0.320. The Morgan fingerprint density at radius 1 is 1.06 bits per heavy atom. The molecule has 168 valence electrons. The van der Waals surface area contributed by atoms with Gasteiger partial charge in [0.05, 0.1) is 33.6 Å². The molecule has 32 heavy (non-hydrogen) atoms. The third kappa shape index (κ3) is 4.57. The summed E-state index contributed by atoms with van der Waals surface area (Å²) in [6, 6.07) is 15.5.